The number of nitrogens with zero attached hydrogens (tertiary/aromatic N) is 3. The van der Waals surface area contributed by atoms with Crippen molar-refractivity contribution in [3.05, 3.63) is 35.1 Å². The Bertz CT molecular complexity index is 516. The molecule has 5 heteroatoms. The minimum atomic E-state index is -0.296. The van der Waals surface area contributed by atoms with Gasteiger partial charge in [-0.1, -0.05) is 0 Å². The van der Waals surface area contributed by atoms with Gasteiger partial charge < -0.3 is 4.90 Å². The quantitative estimate of drug-likeness (QED) is 0.756. The molecule has 4 nitrogen and oxygen atoms in total. The molecule has 1 aromatic rings. The normalized spacial score (nSPS) is 16.2. The Hall–Kier alpha value is -1.93. The number of halogens is 1. The molecular formula is C14H16FN3O. The Morgan fingerprint density at radius 2 is 2.05 bits per heavy atom. The van der Waals surface area contributed by atoms with Crippen LogP contribution >= 0.6 is 0 Å². The summed E-state index contributed by atoms with van der Waals surface area (Å²) in [4.78, 5) is 16.0. The third-order valence-corrected chi connectivity index (χ3v) is 3.36. The first-order valence-corrected chi connectivity index (χ1v) is 6.26. The third-order valence-electron chi connectivity index (χ3n) is 3.36. The second kappa shape index (κ2) is 5.81. The number of piperazine rings is 1. The Labute approximate surface area is 112 Å². The van der Waals surface area contributed by atoms with E-state index < -0.39 is 0 Å². The van der Waals surface area contributed by atoms with Gasteiger partial charge in [-0.2, -0.15) is 5.26 Å². The van der Waals surface area contributed by atoms with Gasteiger partial charge in [-0.15, -0.1) is 0 Å². The SMILES string of the molecule is Cc1cc(C(=O)N2CCN(CC#N)CC2)ccc1F. The predicted molar refractivity (Wildman–Crippen MR) is 69.1 cm³/mol. The molecule has 1 aromatic carbocycles. The van der Waals surface area contributed by atoms with E-state index in [1.54, 1.807) is 17.9 Å². The number of amides is 1. The molecule has 19 heavy (non-hydrogen) atoms. The largest absolute Gasteiger partial charge is 0.336 e. The molecule has 1 aliphatic heterocycles. The van der Waals surface area contributed by atoms with Gasteiger partial charge >= 0.3 is 0 Å². The molecule has 0 radical (unpaired) electrons. The zero-order valence-corrected chi connectivity index (χ0v) is 10.9. The lowest BCUT2D eigenvalue weighted by Crippen LogP contribution is -2.48. The van der Waals surface area contributed by atoms with E-state index in [0.717, 1.165) is 0 Å². The highest BCUT2D eigenvalue weighted by Gasteiger charge is 2.22. The van der Waals surface area contributed by atoms with Crippen molar-refractivity contribution < 1.29 is 9.18 Å². The summed E-state index contributed by atoms with van der Waals surface area (Å²) in [5.41, 5.74) is 1.00. The molecule has 0 aliphatic carbocycles. The molecule has 0 saturated carbocycles. The standard InChI is InChI=1S/C14H16FN3O/c1-11-10-12(2-3-13(11)15)14(19)18-8-6-17(5-4-16)7-9-18/h2-3,10H,5-9H2,1H3. The van der Waals surface area contributed by atoms with E-state index in [1.165, 1.54) is 12.1 Å². The fourth-order valence-electron chi connectivity index (χ4n) is 2.17. The summed E-state index contributed by atoms with van der Waals surface area (Å²) in [5, 5.41) is 8.62. The topological polar surface area (TPSA) is 47.3 Å². The van der Waals surface area contributed by atoms with Gasteiger partial charge in [0.15, 0.2) is 0 Å². The first kappa shape index (κ1) is 13.5. The number of nitriles is 1. The van der Waals surface area contributed by atoms with E-state index in [0.29, 0.717) is 43.9 Å². The minimum absolute atomic E-state index is 0.0697. The number of hydrogen-bond donors (Lipinski definition) is 0. The lowest BCUT2D eigenvalue weighted by molar-refractivity contribution is 0.0651. The summed E-state index contributed by atoms with van der Waals surface area (Å²) in [6.07, 6.45) is 0. The summed E-state index contributed by atoms with van der Waals surface area (Å²) < 4.78 is 13.2. The maximum Gasteiger partial charge on any atom is 0.253 e. The van der Waals surface area contributed by atoms with Crippen LogP contribution in [0.1, 0.15) is 15.9 Å². The minimum Gasteiger partial charge on any atom is -0.336 e. The zero-order valence-electron chi connectivity index (χ0n) is 10.9. The van der Waals surface area contributed by atoms with Crippen molar-refractivity contribution in [2.45, 2.75) is 6.92 Å². The van der Waals surface area contributed by atoms with Crippen molar-refractivity contribution in [3.63, 3.8) is 0 Å². The number of hydrogen-bond acceptors (Lipinski definition) is 3. The highest BCUT2D eigenvalue weighted by molar-refractivity contribution is 5.94. The van der Waals surface area contributed by atoms with Crippen molar-refractivity contribution in [1.29, 1.82) is 5.26 Å². The number of aryl methyl sites for hydroxylation is 1. The van der Waals surface area contributed by atoms with Gasteiger partial charge in [-0.05, 0) is 30.7 Å². The summed E-state index contributed by atoms with van der Waals surface area (Å²) in [6.45, 7) is 4.68. The van der Waals surface area contributed by atoms with Crippen molar-refractivity contribution in [1.82, 2.24) is 9.80 Å². The van der Waals surface area contributed by atoms with Gasteiger partial charge in [0, 0.05) is 31.7 Å². The molecular weight excluding hydrogens is 245 g/mol. The van der Waals surface area contributed by atoms with Crippen LogP contribution in [-0.2, 0) is 0 Å². The molecule has 1 saturated heterocycles. The molecule has 0 unspecified atom stereocenters. The molecule has 1 heterocycles. The van der Waals surface area contributed by atoms with Crippen molar-refractivity contribution in [2.75, 3.05) is 32.7 Å². The lowest BCUT2D eigenvalue weighted by Gasteiger charge is -2.33. The molecule has 1 amide bonds. The summed E-state index contributed by atoms with van der Waals surface area (Å²) >= 11 is 0. The van der Waals surface area contributed by atoms with Crippen molar-refractivity contribution >= 4 is 5.91 Å². The van der Waals surface area contributed by atoms with Gasteiger partial charge in [-0.25, -0.2) is 4.39 Å². The highest BCUT2D eigenvalue weighted by atomic mass is 19.1. The fourth-order valence-corrected chi connectivity index (χ4v) is 2.17. The van der Waals surface area contributed by atoms with Crippen molar-refractivity contribution in [2.24, 2.45) is 0 Å². The number of rotatable bonds is 2. The average Bonchev–Trinajstić information content (AvgIpc) is 2.42. The van der Waals surface area contributed by atoms with Crippen LogP contribution in [0.5, 0.6) is 0 Å². The van der Waals surface area contributed by atoms with Gasteiger partial charge in [0.2, 0.25) is 0 Å². The van der Waals surface area contributed by atoms with Crippen LogP contribution in [-0.4, -0.2) is 48.4 Å². The number of benzene rings is 1. The molecule has 0 atom stereocenters. The Balaban J connectivity index is 2.01. The molecule has 0 spiro atoms. The van der Waals surface area contributed by atoms with Crippen LogP contribution in [0.25, 0.3) is 0 Å². The molecule has 0 bridgehead atoms. The Morgan fingerprint density at radius 3 is 2.63 bits per heavy atom. The average molecular weight is 261 g/mol. The fraction of sp³-hybridized carbons (Fsp3) is 0.429. The van der Waals surface area contributed by atoms with E-state index in [4.69, 9.17) is 5.26 Å². The first-order valence-electron chi connectivity index (χ1n) is 6.26. The second-order valence-electron chi connectivity index (χ2n) is 4.69. The predicted octanol–water partition coefficient (Wildman–Crippen LogP) is 1.42. The highest BCUT2D eigenvalue weighted by Crippen LogP contribution is 2.13. The van der Waals surface area contributed by atoms with Gasteiger partial charge in [-0.3, -0.25) is 9.69 Å². The first-order chi connectivity index (χ1) is 9.11. The van der Waals surface area contributed by atoms with Crippen LogP contribution in [0.4, 0.5) is 4.39 Å². The van der Waals surface area contributed by atoms with Crippen LogP contribution in [0.15, 0.2) is 18.2 Å². The van der Waals surface area contributed by atoms with Crippen molar-refractivity contribution in [3.8, 4) is 6.07 Å². The summed E-state index contributed by atoms with van der Waals surface area (Å²) in [7, 11) is 0. The van der Waals surface area contributed by atoms with E-state index in [2.05, 4.69) is 6.07 Å². The molecule has 2 rings (SSSR count). The summed E-state index contributed by atoms with van der Waals surface area (Å²) in [6, 6.07) is 6.54. The molecule has 0 N–H and O–H groups in total. The summed E-state index contributed by atoms with van der Waals surface area (Å²) in [5.74, 6) is -0.366. The van der Waals surface area contributed by atoms with E-state index in [1.807, 2.05) is 4.90 Å². The van der Waals surface area contributed by atoms with Gasteiger partial charge in [0.25, 0.3) is 5.91 Å². The Kier molecular flexibility index (Phi) is 4.13. The van der Waals surface area contributed by atoms with Gasteiger partial charge in [0.05, 0.1) is 12.6 Å². The maximum absolute atomic E-state index is 13.2. The smallest absolute Gasteiger partial charge is 0.253 e. The van der Waals surface area contributed by atoms with Crippen LogP contribution in [0.2, 0.25) is 0 Å². The third kappa shape index (κ3) is 3.09. The van der Waals surface area contributed by atoms with Crippen LogP contribution in [0.3, 0.4) is 0 Å². The van der Waals surface area contributed by atoms with Crippen LogP contribution < -0.4 is 0 Å². The van der Waals surface area contributed by atoms with E-state index in [9.17, 15) is 9.18 Å². The van der Waals surface area contributed by atoms with Crippen LogP contribution in [0, 0.1) is 24.1 Å². The molecule has 1 fully saturated rings. The second-order valence-corrected chi connectivity index (χ2v) is 4.69. The molecule has 100 valence electrons. The molecule has 0 aromatic heterocycles. The lowest BCUT2D eigenvalue weighted by atomic mass is 10.1. The van der Waals surface area contributed by atoms with E-state index >= 15 is 0 Å². The van der Waals surface area contributed by atoms with Gasteiger partial charge in [0.1, 0.15) is 5.82 Å². The van der Waals surface area contributed by atoms with E-state index in [-0.39, 0.29) is 11.7 Å². The number of carbonyl (C=O) groups excluding carboxylic acids is 1. The Morgan fingerprint density at radius 1 is 1.37 bits per heavy atom. The molecule has 1 aliphatic rings. The monoisotopic (exact) mass is 261 g/mol. The maximum atomic E-state index is 13.2. The zero-order chi connectivity index (χ0) is 13.8. The number of carbonyl (C=O) groups is 1.